The number of hydrogen-bond acceptors (Lipinski definition) is 1. The van der Waals surface area contributed by atoms with Gasteiger partial charge in [-0.25, -0.2) is 4.39 Å². The summed E-state index contributed by atoms with van der Waals surface area (Å²) in [6.45, 7) is 4.13. The Bertz CT molecular complexity index is 324. The molecule has 2 heteroatoms. The van der Waals surface area contributed by atoms with Crippen LogP contribution in [0.1, 0.15) is 31.2 Å². The smallest absolute Gasteiger partial charge is 0.126 e. The van der Waals surface area contributed by atoms with Gasteiger partial charge in [-0.15, -0.1) is 0 Å². The first-order valence-corrected chi connectivity index (χ1v) is 5.78. The van der Waals surface area contributed by atoms with Gasteiger partial charge in [0.2, 0.25) is 0 Å². The van der Waals surface area contributed by atoms with Crippen molar-refractivity contribution in [2.75, 3.05) is 13.1 Å². The average Bonchev–Trinajstić information content (AvgIpc) is 2.20. The first kappa shape index (κ1) is 10.6. The van der Waals surface area contributed by atoms with Gasteiger partial charge >= 0.3 is 0 Å². The van der Waals surface area contributed by atoms with Crippen molar-refractivity contribution in [1.82, 2.24) is 5.32 Å². The Morgan fingerprint density at radius 3 is 2.73 bits per heavy atom. The molecule has 0 aliphatic heterocycles. The van der Waals surface area contributed by atoms with E-state index in [1.54, 1.807) is 12.1 Å². The summed E-state index contributed by atoms with van der Waals surface area (Å²) in [6, 6.07) is 7.19. The summed E-state index contributed by atoms with van der Waals surface area (Å²) in [7, 11) is 0. The molecule has 15 heavy (non-hydrogen) atoms. The van der Waals surface area contributed by atoms with E-state index in [0.29, 0.717) is 11.8 Å². The monoisotopic (exact) mass is 207 g/mol. The zero-order valence-corrected chi connectivity index (χ0v) is 9.17. The molecule has 2 atom stereocenters. The third-order valence-electron chi connectivity index (χ3n) is 3.38. The molecule has 1 aliphatic rings. The largest absolute Gasteiger partial charge is 0.317 e. The summed E-state index contributed by atoms with van der Waals surface area (Å²) in [6.07, 6.45) is 2.36. The van der Waals surface area contributed by atoms with Gasteiger partial charge in [0.15, 0.2) is 0 Å². The molecule has 0 saturated heterocycles. The van der Waals surface area contributed by atoms with E-state index in [2.05, 4.69) is 12.2 Å². The van der Waals surface area contributed by atoms with Crippen molar-refractivity contribution in [3.05, 3.63) is 35.6 Å². The lowest BCUT2D eigenvalue weighted by molar-refractivity contribution is 0.242. The second-order valence-electron chi connectivity index (χ2n) is 4.27. The predicted molar refractivity (Wildman–Crippen MR) is 60.4 cm³/mol. The van der Waals surface area contributed by atoms with Gasteiger partial charge in [-0.2, -0.15) is 0 Å². The first-order valence-electron chi connectivity index (χ1n) is 5.78. The van der Waals surface area contributed by atoms with Gasteiger partial charge in [0.05, 0.1) is 0 Å². The molecule has 2 unspecified atom stereocenters. The predicted octanol–water partition coefficient (Wildman–Crippen LogP) is 2.93. The van der Waals surface area contributed by atoms with Gasteiger partial charge in [-0.05, 0) is 49.4 Å². The van der Waals surface area contributed by atoms with Crippen LogP contribution in [0.2, 0.25) is 0 Å². The number of halogens is 1. The van der Waals surface area contributed by atoms with Crippen molar-refractivity contribution in [1.29, 1.82) is 0 Å². The van der Waals surface area contributed by atoms with Gasteiger partial charge in [0.1, 0.15) is 5.82 Å². The molecule has 0 bridgehead atoms. The fourth-order valence-electron chi connectivity index (χ4n) is 2.33. The summed E-state index contributed by atoms with van der Waals surface area (Å²) in [5, 5.41) is 3.35. The zero-order valence-electron chi connectivity index (χ0n) is 9.17. The standard InChI is InChI=1S/C13H18FN/c1-2-15-9-10-7-8-11(10)12-5-3-4-6-13(12)14/h3-6,10-11,15H,2,7-9H2,1H3. The van der Waals surface area contributed by atoms with Crippen LogP contribution in [0.5, 0.6) is 0 Å². The van der Waals surface area contributed by atoms with E-state index in [1.165, 1.54) is 6.42 Å². The number of rotatable bonds is 4. The molecule has 0 spiro atoms. The molecule has 1 aromatic rings. The van der Waals surface area contributed by atoms with E-state index in [-0.39, 0.29) is 5.82 Å². The Balaban J connectivity index is 2.02. The van der Waals surface area contributed by atoms with Crippen molar-refractivity contribution in [2.24, 2.45) is 5.92 Å². The van der Waals surface area contributed by atoms with Crippen LogP contribution in [0.4, 0.5) is 4.39 Å². The van der Waals surface area contributed by atoms with E-state index in [1.807, 2.05) is 12.1 Å². The summed E-state index contributed by atoms with van der Waals surface area (Å²) < 4.78 is 13.5. The maximum absolute atomic E-state index is 13.5. The molecule has 2 rings (SSSR count). The summed E-state index contributed by atoms with van der Waals surface area (Å²) in [4.78, 5) is 0. The lowest BCUT2D eigenvalue weighted by Crippen LogP contribution is -2.34. The van der Waals surface area contributed by atoms with Crippen LogP contribution in [-0.2, 0) is 0 Å². The molecular weight excluding hydrogens is 189 g/mol. The quantitative estimate of drug-likeness (QED) is 0.800. The lowest BCUT2D eigenvalue weighted by Gasteiger charge is -2.37. The molecule has 0 heterocycles. The maximum Gasteiger partial charge on any atom is 0.126 e. The van der Waals surface area contributed by atoms with Crippen molar-refractivity contribution < 1.29 is 4.39 Å². The fourth-order valence-corrected chi connectivity index (χ4v) is 2.33. The van der Waals surface area contributed by atoms with E-state index in [4.69, 9.17) is 0 Å². The van der Waals surface area contributed by atoms with Crippen molar-refractivity contribution in [3.63, 3.8) is 0 Å². The van der Waals surface area contributed by atoms with Gasteiger partial charge in [-0.3, -0.25) is 0 Å². The highest BCUT2D eigenvalue weighted by molar-refractivity contribution is 5.24. The zero-order chi connectivity index (χ0) is 10.7. The van der Waals surface area contributed by atoms with Gasteiger partial charge in [0.25, 0.3) is 0 Å². The molecule has 0 radical (unpaired) electrons. The summed E-state index contributed by atoms with van der Waals surface area (Å²) in [5.41, 5.74) is 0.909. The molecule has 1 aromatic carbocycles. The lowest BCUT2D eigenvalue weighted by atomic mass is 9.70. The van der Waals surface area contributed by atoms with Crippen LogP contribution in [0.3, 0.4) is 0 Å². The molecular formula is C13H18FN. The number of benzene rings is 1. The summed E-state index contributed by atoms with van der Waals surface area (Å²) >= 11 is 0. The minimum Gasteiger partial charge on any atom is -0.317 e. The second-order valence-corrected chi connectivity index (χ2v) is 4.27. The van der Waals surface area contributed by atoms with Crippen LogP contribution >= 0.6 is 0 Å². The van der Waals surface area contributed by atoms with E-state index in [9.17, 15) is 4.39 Å². The Morgan fingerprint density at radius 2 is 2.13 bits per heavy atom. The minimum absolute atomic E-state index is 0.0382. The van der Waals surface area contributed by atoms with E-state index >= 15 is 0 Å². The second kappa shape index (κ2) is 4.75. The highest BCUT2D eigenvalue weighted by Crippen LogP contribution is 2.42. The van der Waals surface area contributed by atoms with E-state index < -0.39 is 0 Å². The average molecular weight is 207 g/mol. The third kappa shape index (κ3) is 2.20. The van der Waals surface area contributed by atoms with Crippen LogP contribution in [0, 0.1) is 11.7 Å². The Hall–Kier alpha value is -0.890. The van der Waals surface area contributed by atoms with Crippen LogP contribution < -0.4 is 5.32 Å². The van der Waals surface area contributed by atoms with Gasteiger partial charge < -0.3 is 5.32 Å². The highest BCUT2D eigenvalue weighted by Gasteiger charge is 2.32. The van der Waals surface area contributed by atoms with Gasteiger partial charge in [-0.1, -0.05) is 25.1 Å². The molecule has 1 N–H and O–H groups in total. The Kier molecular flexibility index (Phi) is 3.37. The number of nitrogens with one attached hydrogen (secondary N) is 1. The SMILES string of the molecule is CCNCC1CCC1c1ccccc1F. The van der Waals surface area contributed by atoms with Crippen LogP contribution in [-0.4, -0.2) is 13.1 Å². The molecule has 82 valence electrons. The normalized spacial score (nSPS) is 24.9. The molecule has 1 fully saturated rings. The molecule has 0 aromatic heterocycles. The van der Waals surface area contributed by atoms with Crippen LogP contribution in [0.25, 0.3) is 0 Å². The topological polar surface area (TPSA) is 12.0 Å². The molecule has 0 amide bonds. The first-order chi connectivity index (χ1) is 7.33. The van der Waals surface area contributed by atoms with Crippen molar-refractivity contribution in [3.8, 4) is 0 Å². The fraction of sp³-hybridized carbons (Fsp3) is 0.538. The number of hydrogen-bond donors (Lipinski definition) is 1. The Morgan fingerprint density at radius 1 is 1.33 bits per heavy atom. The Labute approximate surface area is 90.7 Å². The third-order valence-corrected chi connectivity index (χ3v) is 3.38. The molecule has 1 saturated carbocycles. The van der Waals surface area contributed by atoms with Crippen molar-refractivity contribution >= 4 is 0 Å². The van der Waals surface area contributed by atoms with Crippen molar-refractivity contribution in [2.45, 2.75) is 25.7 Å². The van der Waals surface area contributed by atoms with Gasteiger partial charge in [0, 0.05) is 0 Å². The van der Waals surface area contributed by atoms with Crippen LogP contribution in [0.15, 0.2) is 24.3 Å². The maximum atomic E-state index is 13.5. The van der Waals surface area contributed by atoms with E-state index in [0.717, 1.165) is 25.1 Å². The summed E-state index contributed by atoms with van der Waals surface area (Å²) in [5.74, 6) is 1.02. The molecule has 1 aliphatic carbocycles. The highest BCUT2D eigenvalue weighted by atomic mass is 19.1. The molecule has 1 nitrogen and oxygen atoms in total. The minimum atomic E-state index is -0.0382.